The lowest BCUT2D eigenvalue weighted by Gasteiger charge is -2.08. The Morgan fingerprint density at radius 1 is 1.16 bits per heavy atom. The van der Waals surface area contributed by atoms with Gasteiger partial charge in [0, 0.05) is 5.69 Å². The zero-order chi connectivity index (χ0) is 14.2. The number of ether oxygens (including phenoxy) is 1. The summed E-state index contributed by atoms with van der Waals surface area (Å²) in [5.41, 5.74) is 7.80. The quantitative estimate of drug-likeness (QED) is 0.859. The minimum Gasteiger partial charge on any atom is -0.430 e. The first kappa shape index (κ1) is 13.6. The fraction of sp³-hybridized carbons (Fsp3) is 0.273. The molecule has 0 radical (unpaired) electrons. The second-order valence-corrected chi connectivity index (χ2v) is 4.89. The van der Waals surface area contributed by atoms with E-state index < -0.39 is 11.2 Å². The van der Waals surface area contributed by atoms with Gasteiger partial charge < -0.3 is 10.5 Å². The van der Waals surface area contributed by atoms with Crippen LogP contribution in [0.15, 0.2) is 12.1 Å². The second-order valence-electron chi connectivity index (χ2n) is 3.95. The molecule has 0 unspecified atom stereocenters. The number of nitrogen functional groups attached to an aromatic ring is 1. The lowest BCUT2D eigenvalue weighted by atomic mass is 10.1. The summed E-state index contributed by atoms with van der Waals surface area (Å²) in [6.45, 7) is 3.53. The SMILES string of the molecule is Cc1cc(Oc2nnc(C(F)(F)F)s2)c(C)cc1N. The molecule has 0 aliphatic carbocycles. The Bertz CT molecular complexity index is 610. The molecule has 0 atom stereocenters. The van der Waals surface area contributed by atoms with E-state index in [0.29, 0.717) is 28.3 Å². The Hall–Kier alpha value is -1.83. The zero-order valence-corrected chi connectivity index (χ0v) is 10.9. The summed E-state index contributed by atoms with van der Waals surface area (Å²) in [6.07, 6.45) is -4.51. The fourth-order valence-corrected chi connectivity index (χ4v) is 1.96. The van der Waals surface area contributed by atoms with Crippen molar-refractivity contribution in [1.82, 2.24) is 10.2 Å². The van der Waals surface area contributed by atoms with Gasteiger partial charge in [-0.25, -0.2) is 0 Å². The molecular formula is C11H10F3N3OS. The number of aryl methyl sites for hydroxylation is 2. The van der Waals surface area contributed by atoms with Gasteiger partial charge in [-0.2, -0.15) is 13.2 Å². The molecule has 102 valence electrons. The molecule has 0 bridgehead atoms. The topological polar surface area (TPSA) is 61.0 Å². The van der Waals surface area contributed by atoms with Gasteiger partial charge in [-0.05, 0) is 37.1 Å². The maximum absolute atomic E-state index is 12.4. The van der Waals surface area contributed by atoms with Crippen LogP contribution in [0.4, 0.5) is 18.9 Å². The van der Waals surface area contributed by atoms with E-state index in [2.05, 4.69) is 10.2 Å². The number of nitrogens with zero attached hydrogens (tertiary/aromatic N) is 2. The van der Waals surface area contributed by atoms with Crippen LogP contribution in [-0.4, -0.2) is 10.2 Å². The Balaban J connectivity index is 2.27. The van der Waals surface area contributed by atoms with E-state index >= 15 is 0 Å². The molecule has 2 aromatic rings. The maximum atomic E-state index is 12.4. The summed E-state index contributed by atoms with van der Waals surface area (Å²) in [6, 6.07) is 3.34. The molecule has 8 heteroatoms. The van der Waals surface area contributed by atoms with Gasteiger partial charge in [0.05, 0.1) is 0 Å². The van der Waals surface area contributed by atoms with Gasteiger partial charge in [0.15, 0.2) is 0 Å². The Morgan fingerprint density at radius 3 is 2.42 bits per heavy atom. The van der Waals surface area contributed by atoms with Crippen LogP contribution >= 0.6 is 11.3 Å². The van der Waals surface area contributed by atoms with Crippen molar-refractivity contribution in [2.75, 3.05) is 5.73 Å². The van der Waals surface area contributed by atoms with Gasteiger partial charge in [0.1, 0.15) is 5.75 Å². The maximum Gasteiger partial charge on any atom is 0.445 e. The van der Waals surface area contributed by atoms with Crippen LogP contribution in [0.5, 0.6) is 10.9 Å². The summed E-state index contributed by atoms with van der Waals surface area (Å²) in [5, 5.41) is 5.23. The Kier molecular flexibility index (Phi) is 3.36. The van der Waals surface area contributed by atoms with Crippen LogP contribution in [0, 0.1) is 13.8 Å². The zero-order valence-electron chi connectivity index (χ0n) is 10.1. The summed E-state index contributed by atoms with van der Waals surface area (Å²) >= 11 is 0.353. The molecule has 2 N–H and O–H groups in total. The number of hydrogen-bond acceptors (Lipinski definition) is 5. The molecule has 1 heterocycles. The highest BCUT2D eigenvalue weighted by molar-refractivity contribution is 7.13. The summed E-state index contributed by atoms with van der Waals surface area (Å²) in [5.74, 6) is 0.413. The van der Waals surface area contributed by atoms with E-state index in [1.54, 1.807) is 26.0 Å². The van der Waals surface area contributed by atoms with Crippen LogP contribution < -0.4 is 10.5 Å². The van der Waals surface area contributed by atoms with Crippen molar-refractivity contribution >= 4 is 17.0 Å². The summed E-state index contributed by atoms with van der Waals surface area (Å²) in [4.78, 5) is 0. The summed E-state index contributed by atoms with van der Waals surface area (Å²) in [7, 11) is 0. The third-order valence-electron chi connectivity index (χ3n) is 2.41. The molecule has 1 aromatic heterocycles. The number of rotatable bonds is 2. The highest BCUT2D eigenvalue weighted by Gasteiger charge is 2.36. The lowest BCUT2D eigenvalue weighted by Crippen LogP contribution is -2.03. The standard InChI is InChI=1S/C11H10F3N3OS/c1-5-4-8(6(2)3-7(5)15)18-10-17-16-9(19-10)11(12,13)14/h3-4H,15H2,1-2H3. The van der Waals surface area contributed by atoms with Gasteiger partial charge in [-0.3, -0.25) is 0 Å². The molecule has 19 heavy (non-hydrogen) atoms. The number of hydrogen-bond donors (Lipinski definition) is 1. The van der Waals surface area contributed by atoms with Crippen molar-refractivity contribution in [3.63, 3.8) is 0 Å². The summed E-state index contributed by atoms with van der Waals surface area (Å²) < 4.78 is 42.4. The highest BCUT2D eigenvalue weighted by atomic mass is 32.1. The van der Waals surface area contributed by atoms with Gasteiger partial charge in [0.2, 0.25) is 5.01 Å². The third kappa shape index (κ3) is 2.95. The molecule has 0 amide bonds. The minimum absolute atomic E-state index is 0.153. The Labute approximate surface area is 111 Å². The molecule has 0 saturated carbocycles. The highest BCUT2D eigenvalue weighted by Crippen LogP contribution is 2.36. The molecular weight excluding hydrogens is 279 g/mol. The lowest BCUT2D eigenvalue weighted by molar-refractivity contribution is -0.138. The van der Waals surface area contributed by atoms with Crippen LogP contribution in [-0.2, 0) is 6.18 Å². The number of benzene rings is 1. The van der Waals surface area contributed by atoms with E-state index in [9.17, 15) is 13.2 Å². The first-order chi connectivity index (χ1) is 8.77. The predicted molar refractivity (Wildman–Crippen MR) is 65.3 cm³/mol. The van der Waals surface area contributed by atoms with Crippen LogP contribution in [0.1, 0.15) is 16.1 Å². The van der Waals surface area contributed by atoms with Crippen LogP contribution in [0.25, 0.3) is 0 Å². The van der Waals surface area contributed by atoms with Crippen molar-refractivity contribution < 1.29 is 17.9 Å². The number of aromatic nitrogens is 2. The second kappa shape index (κ2) is 4.69. The average Bonchev–Trinajstić information content (AvgIpc) is 2.74. The third-order valence-corrected chi connectivity index (χ3v) is 3.26. The number of nitrogens with two attached hydrogens (primary N) is 1. The van der Waals surface area contributed by atoms with Gasteiger partial charge in [-0.15, -0.1) is 5.10 Å². The van der Waals surface area contributed by atoms with Crippen molar-refractivity contribution in [2.45, 2.75) is 20.0 Å². The predicted octanol–water partition coefficient (Wildman–Crippen LogP) is 3.55. The largest absolute Gasteiger partial charge is 0.445 e. The van der Waals surface area contributed by atoms with E-state index in [1.165, 1.54) is 0 Å². The van der Waals surface area contributed by atoms with Crippen LogP contribution in [0.2, 0.25) is 0 Å². The Morgan fingerprint density at radius 2 is 1.84 bits per heavy atom. The molecule has 0 saturated heterocycles. The van der Waals surface area contributed by atoms with Gasteiger partial charge in [0.25, 0.3) is 5.19 Å². The van der Waals surface area contributed by atoms with Gasteiger partial charge >= 0.3 is 6.18 Å². The molecule has 0 aliphatic rings. The smallest absolute Gasteiger partial charge is 0.430 e. The molecule has 4 nitrogen and oxygen atoms in total. The average molecular weight is 289 g/mol. The van der Waals surface area contributed by atoms with Crippen molar-refractivity contribution in [3.05, 3.63) is 28.3 Å². The van der Waals surface area contributed by atoms with E-state index in [-0.39, 0.29) is 5.19 Å². The number of anilines is 1. The molecule has 0 aliphatic heterocycles. The molecule has 0 fully saturated rings. The van der Waals surface area contributed by atoms with Crippen molar-refractivity contribution in [2.24, 2.45) is 0 Å². The van der Waals surface area contributed by atoms with Crippen molar-refractivity contribution in [3.8, 4) is 10.9 Å². The normalized spacial score (nSPS) is 11.6. The van der Waals surface area contributed by atoms with E-state index in [4.69, 9.17) is 10.5 Å². The van der Waals surface area contributed by atoms with Crippen molar-refractivity contribution in [1.29, 1.82) is 0 Å². The van der Waals surface area contributed by atoms with Gasteiger partial charge in [-0.1, -0.05) is 16.4 Å². The fourth-order valence-electron chi connectivity index (χ4n) is 1.38. The molecule has 1 aromatic carbocycles. The van der Waals surface area contributed by atoms with E-state index in [0.717, 1.165) is 5.56 Å². The monoisotopic (exact) mass is 289 g/mol. The minimum atomic E-state index is -4.51. The molecule has 0 spiro atoms. The van der Waals surface area contributed by atoms with E-state index in [1.807, 2.05) is 0 Å². The van der Waals surface area contributed by atoms with Crippen LogP contribution in [0.3, 0.4) is 0 Å². The number of halogens is 3. The molecule has 2 rings (SSSR count). The number of alkyl halides is 3. The first-order valence-electron chi connectivity index (χ1n) is 5.22. The first-order valence-corrected chi connectivity index (χ1v) is 6.04.